The lowest BCUT2D eigenvalue weighted by Crippen LogP contribution is -2.42. The number of methoxy groups -OCH3 is 1. The third kappa shape index (κ3) is 3.16. The number of ether oxygens (including phenoxy) is 1. The summed E-state index contributed by atoms with van der Waals surface area (Å²) in [5, 5.41) is 3.12. The van der Waals surface area contributed by atoms with Crippen LogP contribution in [0.2, 0.25) is 0 Å². The molecule has 2 atom stereocenters. The van der Waals surface area contributed by atoms with E-state index in [9.17, 15) is 4.79 Å². The van der Waals surface area contributed by atoms with Crippen molar-refractivity contribution >= 4 is 6.03 Å². The van der Waals surface area contributed by atoms with E-state index in [4.69, 9.17) is 9.15 Å². The maximum absolute atomic E-state index is 12.7. The van der Waals surface area contributed by atoms with Gasteiger partial charge in [-0.2, -0.15) is 0 Å². The average molecular weight is 340 g/mol. The second-order valence-electron chi connectivity index (χ2n) is 6.87. The zero-order valence-electron chi connectivity index (χ0n) is 14.5. The number of nitrogens with zero attached hydrogens (tertiary/aromatic N) is 1. The summed E-state index contributed by atoms with van der Waals surface area (Å²) in [4.78, 5) is 14.6. The topological polar surface area (TPSA) is 54.7 Å². The number of furan rings is 1. The molecule has 0 unspecified atom stereocenters. The van der Waals surface area contributed by atoms with Crippen LogP contribution in [0.5, 0.6) is 0 Å². The van der Waals surface area contributed by atoms with Crippen LogP contribution in [0.4, 0.5) is 4.79 Å². The Morgan fingerprint density at radius 3 is 3.04 bits per heavy atom. The molecule has 2 heterocycles. The minimum Gasteiger partial charge on any atom is -0.461 e. The molecular formula is C20H24N2O3. The fraction of sp³-hybridized carbons (Fsp3) is 0.450. The number of amides is 2. The zero-order valence-corrected chi connectivity index (χ0v) is 14.5. The second kappa shape index (κ2) is 6.92. The number of carbonyl (C=O) groups excluding carboxylic acids is 1. The Morgan fingerprint density at radius 2 is 2.20 bits per heavy atom. The van der Waals surface area contributed by atoms with Gasteiger partial charge in [-0.1, -0.05) is 24.3 Å². The highest BCUT2D eigenvalue weighted by Gasteiger charge is 2.33. The highest BCUT2D eigenvalue weighted by Crippen LogP contribution is 2.35. The molecule has 132 valence electrons. The molecule has 0 spiro atoms. The Kier molecular flexibility index (Phi) is 4.49. The minimum atomic E-state index is 0.0107. The molecule has 1 saturated heterocycles. The maximum Gasteiger partial charge on any atom is 0.318 e. The van der Waals surface area contributed by atoms with Crippen molar-refractivity contribution in [1.82, 2.24) is 10.2 Å². The molecule has 25 heavy (non-hydrogen) atoms. The molecule has 0 radical (unpaired) electrons. The van der Waals surface area contributed by atoms with Crippen LogP contribution < -0.4 is 5.32 Å². The molecule has 1 fully saturated rings. The smallest absolute Gasteiger partial charge is 0.318 e. The lowest BCUT2D eigenvalue weighted by atomic mass is 9.78. The van der Waals surface area contributed by atoms with E-state index in [1.54, 1.807) is 7.11 Å². The Hall–Kier alpha value is -2.27. The van der Waals surface area contributed by atoms with E-state index < -0.39 is 0 Å². The van der Waals surface area contributed by atoms with Gasteiger partial charge in [0, 0.05) is 26.1 Å². The van der Waals surface area contributed by atoms with E-state index in [-0.39, 0.29) is 12.1 Å². The Labute approximate surface area is 148 Å². The van der Waals surface area contributed by atoms with Crippen molar-refractivity contribution in [3.63, 3.8) is 0 Å². The first kappa shape index (κ1) is 16.2. The number of rotatable bonds is 5. The lowest BCUT2D eigenvalue weighted by molar-refractivity contribution is 0.156. The number of benzene rings is 1. The monoisotopic (exact) mass is 340 g/mol. The molecule has 1 aliphatic heterocycles. The van der Waals surface area contributed by atoms with Gasteiger partial charge in [-0.3, -0.25) is 0 Å². The summed E-state index contributed by atoms with van der Waals surface area (Å²) in [5.41, 5.74) is 2.78. The van der Waals surface area contributed by atoms with Gasteiger partial charge in [0.15, 0.2) is 0 Å². The summed E-state index contributed by atoms with van der Waals surface area (Å²) in [5.74, 6) is 2.10. The van der Waals surface area contributed by atoms with Crippen LogP contribution in [0.3, 0.4) is 0 Å². The molecule has 1 aromatic carbocycles. The Morgan fingerprint density at radius 1 is 1.32 bits per heavy atom. The second-order valence-corrected chi connectivity index (χ2v) is 6.87. The van der Waals surface area contributed by atoms with Crippen molar-refractivity contribution in [2.75, 3.05) is 20.2 Å². The first-order valence-electron chi connectivity index (χ1n) is 8.96. The molecule has 1 N–H and O–H groups in total. The molecular weight excluding hydrogens is 316 g/mol. The predicted molar refractivity (Wildman–Crippen MR) is 94.4 cm³/mol. The van der Waals surface area contributed by atoms with Crippen molar-refractivity contribution in [1.29, 1.82) is 0 Å². The molecule has 2 aromatic rings. The van der Waals surface area contributed by atoms with E-state index in [1.165, 1.54) is 11.1 Å². The van der Waals surface area contributed by atoms with Crippen LogP contribution in [0, 0.1) is 0 Å². The molecule has 2 amide bonds. The van der Waals surface area contributed by atoms with E-state index >= 15 is 0 Å². The summed E-state index contributed by atoms with van der Waals surface area (Å²) in [6.07, 6.45) is 3.00. The van der Waals surface area contributed by atoms with E-state index in [1.807, 2.05) is 17.0 Å². The summed E-state index contributed by atoms with van der Waals surface area (Å²) in [6, 6.07) is 12.4. The molecule has 4 rings (SSSR count). The molecule has 1 aliphatic carbocycles. The van der Waals surface area contributed by atoms with E-state index in [2.05, 4.69) is 29.6 Å². The van der Waals surface area contributed by atoms with Gasteiger partial charge in [0.2, 0.25) is 0 Å². The van der Waals surface area contributed by atoms with Crippen molar-refractivity contribution in [2.24, 2.45) is 0 Å². The van der Waals surface area contributed by atoms with Gasteiger partial charge in [-0.05, 0) is 42.5 Å². The number of fused-ring (bicyclic) bond motifs is 1. The van der Waals surface area contributed by atoms with Crippen LogP contribution >= 0.6 is 0 Å². The molecule has 5 heteroatoms. The Balaban J connectivity index is 1.36. The average Bonchev–Trinajstić information content (AvgIpc) is 3.24. The van der Waals surface area contributed by atoms with Crippen LogP contribution in [0.15, 0.2) is 40.8 Å². The first-order valence-corrected chi connectivity index (χ1v) is 8.96. The van der Waals surface area contributed by atoms with Gasteiger partial charge >= 0.3 is 6.03 Å². The predicted octanol–water partition coefficient (Wildman–Crippen LogP) is 3.61. The van der Waals surface area contributed by atoms with Crippen LogP contribution in [-0.4, -0.2) is 31.1 Å². The summed E-state index contributed by atoms with van der Waals surface area (Å²) >= 11 is 0. The molecule has 2 aliphatic rings. The van der Waals surface area contributed by atoms with E-state index in [0.29, 0.717) is 19.1 Å². The summed E-state index contributed by atoms with van der Waals surface area (Å²) < 4.78 is 11.0. The van der Waals surface area contributed by atoms with Gasteiger partial charge in [0.25, 0.3) is 0 Å². The number of hydrogen-bond acceptors (Lipinski definition) is 3. The van der Waals surface area contributed by atoms with Crippen molar-refractivity contribution in [3.05, 3.63) is 59.0 Å². The van der Waals surface area contributed by atoms with E-state index in [0.717, 1.165) is 37.3 Å². The molecule has 0 bridgehead atoms. The highest BCUT2D eigenvalue weighted by atomic mass is 16.5. The van der Waals surface area contributed by atoms with Crippen molar-refractivity contribution in [3.8, 4) is 0 Å². The lowest BCUT2D eigenvalue weighted by Gasteiger charge is -2.31. The van der Waals surface area contributed by atoms with Gasteiger partial charge < -0.3 is 19.4 Å². The molecule has 1 aromatic heterocycles. The van der Waals surface area contributed by atoms with Gasteiger partial charge in [-0.25, -0.2) is 4.79 Å². The largest absolute Gasteiger partial charge is 0.461 e. The number of likely N-dealkylation sites (tertiary alicyclic amines) is 1. The first-order chi connectivity index (χ1) is 12.3. The third-order valence-electron chi connectivity index (χ3n) is 5.27. The van der Waals surface area contributed by atoms with Crippen LogP contribution in [-0.2, 0) is 17.8 Å². The van der Waals surface area contributed by atoms with Gasteiger partial charge in [-0.15, -0.1) is 0 Å². The van der Waals surface area contributed by atoms with Crippen molar-refractivity contribution < 1.29 is 13.9 Å². The highest BCUT2D eigenvalue weighted by molar-refractivity contribution is 5.75. The number of hydrogen-bond donors (Lipinski definition) is 1. The van der Waals surface area contributed by atoms with Gasteiger partial charge in [0.1, 0.15) is 18.1 Å². The van der Waals surface area contributed by atoms with Crippen molar-refractivity contribution in [2.45, 2.75) is 37.8 Å². The standard InChI is InChI=1S/C20H24N2O3/c1-24-13-16-8-9-19(25-16)18-7-4-10-22(18)20(23)21-12-15-11-14-5-2-3-6-17(14)15/h2-3,5-6,8-9,15,18H,4,7,10-13H2,1H3,(H,21,23)/t15-,18-/m1/s1. The van der Waals surface area contributed by atoms with Crippen LogP contribution in [0.25, 0.3) is 0 Å². The molecule has 0 saturated carbocycles. The maximum atomic E-state index is 12.7. The third-order valence-corrected chi connectivity index (χ3v) is 5.27. The zero-order chi connectivity index (χ0) is 17.2. The quantitative estimate of drug-likeness (QED) is 0.904. The Bertz CT molecular complexity index is 755. The number of nitrogens with one attached hydrogen (secondary N) is 1. The summed E-state index contributed by atoms with van der Waals surface area (Å²) in [6.45, 7) is 1.93. The molecule has 5 nitrogen and oxygen atoms in total. The number of carbonyl (C=O) groups is 1. The normalized spacial score (nSPS) is 21.7. The SMILES string of the molecule is COCc1ccc([C@H]2CCCN2C(=O)NC[C@H]2Cc3ccccc32)o1. The number of urea groups is 1. The fourth-order valence-corrected chi connectivity index (χ4v) is 3.96. The fourth-order valence-electron chi connectivity index (χ4n) is 3.96. The van der Waals surface area contributed by atoms with Gasteiger partial charge in [0.05, 0.1) is 6.04 Å². The minimum absolute atomic E-state index is 0.0107. The summed E-state index contributed by atoms with van der Waals surface area (Å²) in [7, 11) is 1.65. The van der Waals surface area contributed by atoms with Crippen LogP contribution in [0.1, 0.15) is 47.4 Å².